The van der Waals surface area contributed by atoms with Gasteiger partial charge in [0, 0.05) is 25.9 Å². The molecule has 22 heavy (non-hydrogen) atoms. The molecule has 5 nitrogen and oxygen atoms in total. The molecule has 0 aliphatic carbocycles. The van der Waals surface area contributed by atoms with E-state index in [2.05, 4.69) is 4.98 Å². The molecule has 1 aromatic rings. The molecule has 1 aromatic heterocycles. The zero-order valence-corrected chi connectivity index (χ0v) is 13.1. The molecule has 0 bridgehead atoms. The lowest BCUT2D eigenvalue weighted by molar-refractivity contribution is -0.166. The Labute approximate surface area is 131 Å². The molecule has 2 fully saturated rings. The van der Waals surface area contributed by atoms with Gasteiger partial charge >= 0.3 is 0 Å². The number of piperidine rings is 1. The number of aliphatic hydroxyl groups is 1. The van der Waals surface area contributed by atoms with Crippen molar-refractivity contribution in [3.8, 4) is 0 Å². The second-order valence-corrected chi connectivity index (χ2v) is 6.58. The lowest BCUT2D eigenvalue weighted by Crippen LogP contribution is -2.54. The monoisotopic (exact) mass is 304 g/mol. The SMILES string of the molecule is C[C@]1(C(=O)N2CCC(O)(c3ccccn3)CC2)CCCCO1. The fraction of sp³-hybridized carbons (Fsp3) is 0.647. The number of rotatable bonds is 2. The molecule has 5 heteroatoms. The molecule has 3 rings (SSSR count). The first-order chi connectivity index (χ1) is 10.5. The fourth-order valence-corrected chi connectivity index (χ4v) is 3.41. The predicted octanol–water partition coefficient (Wildman–Crippen LogP) is 1.85. The van der Waals surface area contributed by atoms with Gasteiger partial charge in [-0.25, -0.2) is 0 Å². The summed E-state index contributed by atoms with van der Waals surface area (Å²) in [6.07, 6.45) is 5.59. The van der Waals surface area contributed by atoms with Crippen molar-refractivity contribution in [1.82, 2.24) is 9.88 Å². The maximum atomic E-state index is 12.7. The summed E-state index contributed by atoms with van der Waals surface area (Å²) < 4.78 is 5.75. The second-order valence-electron chi connectivity index (χ2n) is 6.58. The first-order valence-corrected chi connectivity index (χ1v) is 8.11. The van der Waals surface area contributed by atoms with Gasteiger partial charge in [0.15, 0.2) is 0 Å². The van der Waals surface area contributed by atoms with Crippen LogP contribution in [0.4, 0.5) is 0 Å². The summed E-state index contributed by atoms with van der Waals surface area (Å²) in [5, 5.41) is 10.8. The normalized spacial score (nSPS) is 28.4. The van der Waals surface area contributed by atoms with E-state index in [9.17, 15) is 9.90 Å². The van der Waals surface area contributed by atoms with Gasteiger partial charge in [-0.3, -0.25) is 9.78 Å². The van der Waals surface area contributed by atoms with Gasteiger partial charge in [-0.05, 0) is 51.2 Å². The van der Waals surface area contributed by atoms with Crippen LogP contribution in [-0.4, -0.2) is 46.2 Å². The molecule has 2 saturated heterocycles. The van der Waals surface area contributed by atoms with Crippen molar-refractivity contribution in [2.45, 2.75) is 50.2 Å². The van der Waals surface area contributed by atoms with Crippen molar-refractivity contribution >= 4 is 5.91 Å². The summed E-state index contributed by atoms with van der Waals surface area (Å²) in [6.45, 7) is 3.65. The highest BCUT2D eigenvalue weighted by atomic mass is 16.5. The number of pyridine rings is 1. The van der Waals surface area contributed by atoms with Gasteiger partial charge in [-0.1, -0.05) is 6.07 Å². The number of nitrogens with zero attached hydrogens (tertiary/aromatic N) is 2. The van der Waals surface area contributed by atoms with E-state index in [1.807, 2.05) is 30.0 Å². The number of aromatic nitrogens is 1. The highest BCUT2D eigenvalue weighted by molar-refractivity contribution is 5.85. The van der Waals surface area contributed by atoms with Crippen molar-refractivity contribution < 1.29 is 14.6 Å². The summed E-state index contributed by atoms with van der Waals surface area (Å²) in [5.41, 5.74) is -0.910. The maximum absolute atomic E-state index is 12.7. The van der Waals surface area contributed by atoms with E-state index in [-0.39, 0.29) is 5.91 Å². The minimum absolute atomic E-state index is 0.0651. The van der Waals surface area contributed by atoms with Crippen LogP contribution in [0, 0.1) is 0 Å². The summed E-state index contributed by atoms with van der Waals surface area (Å²) in [5.74, 6) is 0.0651. The first kappa shape index (κ1) is 15.4. The van der Waals surface area contributed by atoms with Crippen molar-refractivity contribution in [2.24, 2.45) is 0 Å². The molecule has 120 valence electrons. The summed E-state index contributed by atoms with van der Waals surface area (Å²) in [7, 11) is 0. The van der Waals surface area contributed by atoms with Crippen LogP contribution in [0.5, 0.6) is 0 Å². The Morgan fingerprint density at radius 1 is 1.27 bits per heavy atom. The molecule has 0 unspecified atom stereocenters. The number of likely N-dealkylation sites (tertiary alicyclic amines) is 1. The Morgan fingerprint density at radius 3 is 2.64 bits per heavy atom. The van der Waals surface area contributed by atoms with E-state index < -0.39 is 11.2 Å². The van der Waals surface area contributed by atoms with Gasteiger partial charge in [0.1, 0.15) is 11.2 Å². The van der Waals surface area contributed by atoms with Crippen molar-refractivity contribution in [2.75, 3.05) is 19.7 Å². The number of carbonyl (C=O) groups is 1. The quantitative estimate of drug-likeness (QED) is 0.906. The van der Waals surface area contributed by atoms with E-state index in [0.29, 0.717) is 38.2 Å². The molecule has 1 amide bonds. The van der Waals surface area contributed by atoms with Gasteiger partial charge in [-0.2, -0.15) is 0 Å². The third-order valence-corrected chi connectivity index (χ3v) is 4.94. The third kappa shape index (κ3) is 2.88. The molecule has 0 aromatic carbocycles. The zero-order chi connectivity index (χ0) is 15.6. The Kier molecular flexibility index (Phi) is 4.19. The molecule has 0 saturated carbocycles. The largest absolute Gasteiger partial charge is 0.383 e. The predicted molar refractivity (Wildman–Crippen MR) is 82.2 cm³/mol. The lowest BCUT2D eigenvalue weighted by Gasteiger charge is -2.42. The van der Waals surface area contributed by atoms with Crippen LogP contribution in [0.25, 0.3) is 0 Å². The van der Waals surface area contributed by atoms with E-state index in [4.69, 9.17) is 4.74 Å². The molecule has 1 N–H and O–H groups in total. The topological polar surface area (TPSA) is 62.7 Å². The van der Waals surface area contributed by atoms with Crippen LogP contribution in [-0.2, 0) is 15.1 Å². The highest BCUT2D eigenvalue weighted by Crippen LogP contribution is 2.34. The minimum atomic E-state index is -0.924. The summed E-state index contributed by atoms with van der Waals surface area (Å²) >= 11 is 0. The number of hydrogen-bond acceptors (Lipinski definition) is 4. The van der Waals surface area contributed by atoms with E-state index in [0.717, 1.165) is 19.3 Å². The molecule has 0 radical (unpaired) electrons. The smallest absolute Gasteiger partial charge is 0.254 e. The average Bonchev–Trinajstić information content (AvgIpc) is 2.56. The lowest BCUT2D eigenvalue weighted by atomic mass is 9.86. The maximum Gasteiger partial charge on any atom is 0.254 e. The number of carbonyl (C=O) groups excluding carboxylic acids is 1. The van der Waals surface area contributed by atoms with Crippen molar-refractivity contribution in [1.29, 1.82) is 0 Å². The molecular formula is C17H24N2O3. The zero-order valence-electron chi connectivity index (χ0n) is 13.1. The van der Waals surface area contributed by atoms with Crippen LogP contribution in [0.1, 0.15) is 44.7 Å². The minimum Gasteiger partial charge on any atom is -0.383 e. The van der Waals surface area contributed by atoms with Gasteiger partial charge < -0.3 is 14.7 Å². The Morgan fingerprint density at radius 2 is 2.05 bits per heavy atom. The molecule has 2 aliphatic rings. The standard InChI is InChI=1S/C17H24N2O3/c1-16(7-3-5-13-22-16)15(20)19-11-8-17(21,9-12-19)14-6-2-4-10-18-14/h2,4,6,10,21H,3,5,7-9,11-13H2,1H3/t16-/m1/s1. The van der Waals surface area contributed by atoms with Crippen LogP contribution in [0.2, 0.25) is 0 Å². The van der Waals surface area contributed by atoms with Gasteiger partial charge in [0.05, 0.1) is 5.69 Å². The average molecular weight is 304 g/mol. The molecule has 3 heterocycles. The highest BCUT2D eigenvalue weighted by Gasteiger charge is 2.43. The van der Waals surface area contributed by atoms with E-state index >= 15 is 0 Å². The van der Waals surface area contributed by atoms with Crippen molar-refractivity contribution in [3.05, 3.63) is 30.1 Å². The third-order valence-electron chi connectivity index (χ3n) is 4.94. The number of hydrogen-bond donors (Lipinski definition) is 1. The van der Waals surface area contributed by atoms with Crippen molar-refractivity contribution in [3.63, 3.8) is 0 Å². The number of amides is 1. The molecule has 0 spiro atoms. The van der Waals surface area contributed by atoms with E-state index in [1.165, 1.54) is 0 Å². The van der Waals surface area contributed by atoms with Gasteiger partial charge in [0.25, 0.3) is 5.91 Å². The first-order valence-electron chi connectivity index (χ1n) is 8.11. The fourth-order valence-electron chi connectivity index (χ4n) is 3.41. The van der Waals surface area contributed by atoms with Crippen LogP contribution >= 0.6 is 0 Å². The Balaban J connectivity index is 1.65. The number of ether oxygens (including phenoxy) is 1. The Bertz CT molecular complexity index is 518. The summed E-state index contributed by atoms with van der Waals surface area (Å²) in [6, 6.07) is 5.57. The van der Waals surface area contributed by atoms with Crippen LogP contribution in [0.15, 0.2) is 24.4 Å². The van der Waals surface area contributed by atoms with Gasteiger partial charge in [0.2, 0.25) is 0 Å². The van der Waals surface area contributed by atoms with Gasteiger partial charge in [-0.15, -0.1) is 0 Å². The molecular weight excluding hydrogens is 280 g/mol. The molecule has 2 aliphatic heterocycles. The second kappa shape index (κ2) is 5.97. The Hall–Kier alpha value is -1.46. The molecule has 1 atom stereocenters. The van der Waals surface area contributed by atoms with E-state index in [1.54, 1.807) is 6.20 Å². The van der Waals surface area contributed by atoms with Crippen LogP contribution in [0.3, 0.4) is 0 Å². The van der Waals surface area contributed by atoms with Crippen LogP contribution < -0.4 is 0 Å². The summed E-state index contributed by atoms with van der Waals surface area (Å²) in [4.78, 5) is 18.8.